The van der Waals surface area contributed by atoms with E-state index in [1.807, 2.05) is 0 Å². The summed E-state index contributed by atoms with van der Waals surface area (Å²) >= 11 is 0. The van der Waals surface area contributed by atoms with Crippen molar-refractivity contribution in [3.8, 4) is 0 Å². The number of hydrogen-bond donors (Lipinski definition) is 1. The Labute approximate surface area is 118 Å². The lowest BCUT2D eigenvalue weighted by molar-refractivity contribution is -0.135. The largest absolute Gasteiger partial charge is 0.480 e. The molecular weight excluding hydrogens is 280 g/mol. The van der Waals surface area contributed by atoms with Crippen LogP contribution >= 0.6 is 0 Å². The lowest BCUT2D eigenvalue weighted by atomic mass is 10.3. The average Bonchev–Trinajstić information content (AvgIpc) is 3.20. The van der Waals surface area contributed by atoms with E-state index in [-0.39, 0.29) is 17.5 Å². The van der Waals surface area contributed by atoms with Gasteiger partial charge in [0, 0.05) is 25.8 Å². The van der Waals surface area contributed by atoms with Crippen LogP contribution in [0.1, 0.15) is 12.8 Å². The van der Waals surface area contributed by atoms with Gasteiger partial charge in [-0.3, -0.25) is 4.79 Å². The highest BCUT2D eigenvalue weighted by Gasteiger charge is 2.30. The smallest absolute Gasteiger partial charge is 0.323 e. The van der Waals surface area contributed by atoms with Crippen molar-refractivity contribution in [1.82, 2.24) is 4.31 Å². The molecule has 0 atom stereocenters. The van der Waals surface area contributed by atoms with Crippen LogP contribution in [0.15, 0.2) is 29.2 Å². The summed E-state index contributed by atoms with van der Waals surface area (Å²) in [5.41, 5.74) is 0.743. The highest BCUT2D eigenvalue weighted by atomic mass is 32.2. The molecule has 7 heteroatoms. The molecule has 0 unspecified atom stereocenters. The predicted molar refractivity (Wildman–Crippen MR) is 75.3 cm³/mol. The van der Waals surface area contributed by atoms with E-state index in [9.17, 15) is 13.2 Å². The molecule has 1 aromatic rings. The van der Waals surface area contributed by atoms with E-state index in [1.165, 1.54) is 26.2 Å². The van der Waals surface area contributed by atoms with Gasteiger partial charge in [-0.2, -0.15) is 0 Å². The predicted octanol–water partition coefficient (Wildman–Crippen LogP) is 0.990. The number of carboxylic acid groups (broad SMARTS) is 1. The number of carboxylic acids is 1. The van der Waals surface area contributed by atoms with Crippen molar-refractivity contribution >= 4 is 21.7 Å². The van der Waals surface area contributed by atoms with Crippen molar-refractivity contribution in [1.29, 1.82) is 0 Å². The minimum Gasteiger partial charge on any atom is -0.480 e. The normalized spacial score (nSPS) is 15.3. The summed E-state index contributed by atoms with van der Waals surface area (Å²) in [5.74, 6) is -0.887. The molecule has 0 aromatic heterocycles. The van der Waals surface area contributed by atoms with Crippen LogP contribution in [0.4, 0.5) is 5.69 Å². The van der Waals surface area contributed by atoms with E-state index >= 15 is 0 Å². The van der Waals surface area contributed by atoms with Crippen molar-refractivity contribution in [2.45, 2.75) is 23.8 Å². The van der Waals surface area contributed by atoms with Crippen LogP contribution in [-0.2, 0) is 14.8 Å². The third-order valence-corrected chi connectivity index (χ3v) is 5.07. The third-order valence-electron chi connectivity index (χ3n) is 3.24. The van der Waals surface area contributed by atoms with Crippen LogP contribution in [0.5, 0.6) is 0 Å². The van der Waals surface area contributed by atoms with Crippen molar-refractivity contribution in [2.75, 3.05) is 25.5 Å². The summed E-state index contributed by atoms with van der Waals surface area (Å²) in [6.45, 7) is -0.0650. The second kappa shape index (κ2) is 5.41. The standard InChI is InChI=1S/C13H18N2O4S/c1-14(2)20(18,19)12-7-5-11(6-8-12)15(9-13(16)17)10-3-4-10/h5-8,10H,3-4,9H2,1-2H3,(H,16,17). The quantitative estimate of drug-likeness (QED) is 0.847. The molecule has 0 heterocycles. The second-order valence-corrected chi connectivity index (χ2v) is 7.19. The zero-order chi connectivity index (χ0) is 14.9. The number of benzene rings is 1. The van der Waals surface area contributed by atoms with E-state index in [2.05, 4.69) is 0 Å². The molecule has 1 aromatic carbocycles. The number of rotatable bonds is 6. The van der Waals surface area contributed by atoms with Crippen LogP contribution in [-0.4, -0.2) is 50.5 Å². The molecule has 1 aliphatic carbocycles. The molecule has 1 aliphatic rings. The van der Waals surface area contributed by atoms with Gasteiger partial charge in [-0.15, -0.1) is 0 Å². The van der Waals surface area contributed by atoms with Crippen LogP contribution in [0.2, 0.25) is 0 Å². The molecule has 0 aliphatic heterocycles. The van der Waals surface area contributed by atoms with Gasteiger partial charge in [0.2, 0.25) is 10.0 Å². The van der Waals surface area contributed by atoms with Gasteiger partial charge in [0.1, 0.15) is 6.54 Å². The molecule has 0 bridgehead atoms. The number of carbonyl (C=O) groups is 1. The lowest BCUT2D eigenvalue weighted by Crippen LogP contribution is -2.31. The van der Waals surface area contributed by atoms with E-state index in [1.54, 1.807) is 17.0 Å². The fourth-order valence-electron chi connectivity index (χ4n) is 1.98. The number of anilines is 1. The Morgan fingerprint density at radius 3 is 2.20 bits per heavy atom. The van der Waals surface area contributed by atoms with E-state index in [0.29, 0.717) is 0 Å². The second-order valence-electron chi connectivity index (χ2n) is 5.03. The first kappa shape index (κ1) is 14.8. The van der Waals surface area contributed by atoms with Crippen LogP contribution in [0.3, 0.4) is 0 Å². The van der Waals surface area contributed by atoms with Crippen molar-refractivity contribution in [3.05, 3.63) is 24.3 Å². The van der Waals surface area contributed by atoms with E-state index < -0.39 is 16.0 Å². The van der Waals surface area contributed by atoms with Crippen LogP contribution < -0.4 is 4.90 Å². The summed E-state index contributed by atoms with van der Waals surface area (Å²) in [6.07, 6.45) is 1.95. The fraction of sp³-hybridized carbons (Fsp3) is 0.462. The van der Waals surface area contributed by atoms with Gasteiger partial charge < -0.3 is 10.0 Å². The molecular formula is C13H18N2O4S. The fourth-order valence-corrected chi connectivity index (χ4v) is 2.89. The first-order chi connectivity index (χ1) is 9.32. The Morgan fingerprint density at radius 1 is 1.25 bits per heavy atom. The van der Waals surface area contributed by atoms with Crippen LogP contribution in [0, 0.1) is 0 Å². The maximum atomic E-state index is 12.0. The Bertz CT molecular complexity index is 591. The summed E-state index contributed by atoms with van der Waals surface area (Å²) < 4.78 is 25.1. The minimum absolute atomic E-state index is 0.0650. The molecule has 0 spiro atoms. The minimum atomic E-state index is -3.45. The Hall–Kier alpha value is -1.60. The Morgan fingerprint density at radius 2 is 1.80 bits per heavy atom. The topological polar surface area (TPSA) is 77.9 Å². The van der Waals surface area contributed by atoms with Gasteiger partial charge in [0.25, 0.3) is 0 Å². The van der Waals surface area contributed by atoms with Crippen molar-refractivity contribution < 1.29 is 18.3 Å². The monoisotopic (exact) mass is 298 g/mol. The summed E-state index contributed by atoms with van der Waals surface area (Å²) in [4.78, 5) is 12.9. The summed E-state index contributed by atoms with van der Waals surface area (Å²) in [6, 6.07) is 6.61. The van der Waals surface area contributed by atoms with Gasteiger partial charge in [0.15, 0.2) is 0 Å². The number of aliphatic carboxylic acids is 1. The molecule has 1 fully saturated rings. The van der Waals surface area contributed by atoms with Gasteiger partial charge in [0.05, 0.1) is 4.90 Å². The SMILES string of the molecule is CN(C)S(=O)(=O)c1ccc(N(CC(=O)O)C2CC2)cc1. The molecule has 1 saturated carbocycles. The number of nitrogens with zero attached hydrogens (tertiary/aromatic N) is 2. The first-order valence-corrected chi connectivity index (χ1v) is 7.77. The molecule has 110 valence electrons. The summed E-state index contributed by atoms with van der Waals surface area (Å²) in [7, 11) is -0.496. The molecule has 2 rings (SSSR count). The van der Waals surface area contributed by atoms with Crippen molar-refractivity contribution in [2.24, 2.45) is 0 Å². The molecule has 0 amide bonds. The zero-order valence-electron chi connectivity index (χ0n) is 11.5. The van der Waals surface area contributed by atoms with Gasteiger partial charge in [-0.05, 0) is 37.1 Å². The number of hydrogen-bond acceptors (Lipinski definition) is 4. The first-order valence-electron chi connectivity index (χ1n) is 6.33. The highest BCUT2D eigenvalue weighted by Crippen LogP contribution is 2.32. The van der Waals surface area contributed by atoms with Gasteiger partial charge in [-0.1, -0.05) is 0 Å². The van der Waals surface area contributed by atoms with Gasteiger partial charge in [-0.25, -0.2) is 12.7 Å². The third kappa shape index (κ3) is 3.10. The van der Waals surface area contributed by atoms with Gasteiger partial charge >= 0.3 is 5.97 Å². The maximum absolute atomic E-state index is 12.0. The molecule has 6 nitrogen and oxygen atoms in total. The van der Waals surface area contributed by atoms with E-state index in [0.717, 1.165) is 22.8 Å². The Kier molecular flexibility index (Phi) is 4.01. The maximum Gasteiger partial charge on any atom is 0.323 e. The highest BCUT2D eigenvalue weighted by molar-refractivity contribution is 7.89. The average molecular weight is 298 g/mol. The molecule has 1 N–H and O–H groups in total. The zero-order valence-corrected chi connectivity index (χ0v) is 12.3. The van der Waals surface area contributed by atoms with Crippen LogP contribution in [0.25, 0.3) is 0 Å². The Balaban J connectivity index is 2.25. The molecule has 0 saturated heterocycles. The van der Waals surface area contributed by atoms with E-state index in [4.69, 9.17) is 5.11 Å². The summed E-state index contributed by atoms with van der Waals surface area (Å²) in [5, 5.41) is 8.93. The lowest BCUT2D eigenvalue weighted by Gasteiger charge is -2.23. The van der Waals surface area contributed by atoms with Crippen molar-refractivity contribution in [3.63, 3.8) is 0 Å². The molecule has 0 radical (unpaired) electrons. The molecule has 20 heavy (non-hydrogen) atoms. The number of sulfonamides is 1.